The van der Waals surface area contributed by atoms with Gasteiger partial charge in [-0.25, -0.2) is 9.78 Å². The first-order chi connectivity index (χ1) is 12.9. The largest absolute Gasteiger partial charge is 0.464 e. The number of piperidine rings is 1. The molecule has 2 aromatic rings. The topological polar surface area (TPSA) is 59.5 Å². The highest BCUT2D eigenvalue weighted by Crippen LogP contribution is 2.32. The molecule has 0 saturated carbocycles. The highest BCUT2D eigenvalue weighted by molar-refractivity contribution is 7.17. The molecule has 3 rings (SSSR count). The first-order valence-corrected chi connectivity index (χ1v) is 10.3. The smallest absolute Gasteiger partial charge is 0.328 e. The molecule has 5 nitrogen and oxygen atoms in total. The van der Waals surface area contributed by atoms with Gasteiger partial charge in [0.1, 0.15) is 15.9 Å². The number of carbonyl (C=O) groups is 2. The summed E-state index contributed by atoms with van der Waals surface area (Å²) in [6.45, 7) is 8.68. The fourth-order valence-corrected chi connectivity index (χ4v) is 4.66. The van der Waals surface area contributed by atoms with Crippen molar-refractivity contribution in [2.45, 2.75) is 53.0 Å². The summed E-state index contributed by atoms with van der Waals surface area (Å²) < 4.78 is 5.18. The molecule has 1 aromatic heterocycles. The first-order valence-electron chi connectivity index (χ1n) is 9.45. The number of carbonyl (C=O) groups excluding carboxylic acids is 2. The number of aryl methyl sites for hydroxylation is 3. The van der Waals surface area contributed by atoms with E-state index < -0.39 is 6.04 Å². The van der Waals surface area contributed by atoms with Gasteiger partial charge in [0.2, 0.25) is 0 Å². The number of thiazole rings is 1. The van der Waals surface area contributed by atoms with E-state index in [9.17, 15) is 9.59 Å². The molecular formula is C21H26N2O3S. The fourth-order valence-electron chi connectivity index (χ4n) is 3.55. The summed E-state index contributed by atoms with van der Waals surface area (Å²) in [4.78, 5) is 32.5. The van der Waals surface area contributed by atoms with Crippen LogP contribution < -0.4 is 0 Å². The summed E-state index contributed by atoms with van der Waals surface area (Å²) in [6.07, 6.45) is 2.50. The van der Waals surface area contributed by atoms with Gasteiger partial charge in [-0.15, -0.1) is 11.3 Å². The molecule has 1 aliphatic rings. The molecule has 0 spiro atoms. The number of nitrogens with zero attached hydrogens (tertiary/aromatic N) is 2. The molecule has 1 aliphatic heterocycles. The number of amides is 1. The number of rotatable bonds is 4. The van der Waals surface area contributed by atoms with Crippen LogP contribution in [0, 0.1) is 20.8 Å². The molecular weight excluding hydrogens is 360 g/mol. The van der Waals surface area contributed by atoms with Crippen molar-refractivity contribution < 1.29 is 14.3 Å². The zero-order valence-corrected chi connectivity index (χ0v) is 17.2. The summed E-state index contributed by atoms with van der Waals surface area (Å²) in [5.41, 5.74) is 4.11. The highest BCUT2D eigenvalue weighted by Gasteiger charge is 2.35. The molecule has 1 unspecified atom stereocenters. The Morgan fingerprint density at radius 2 is 2.04 bits per heavy atom. The number of aromatic nitrogens is 1. The van der Waals surface area contributed by atoms with Gasteiger partial charge in [0.15, 0.2) is 0 Å². The molecule has 1 fully saturated rings. The molecule has 0 aliphatic carbocycles. The van der Waals surface area contributed by atoms with E-state index in [1.165, 1.54) is 16.9 Å². The third kappa shape index (κ3) is 4.05. The van der Waals surface area contributed by atoms with Crippen molar-refractivity contribution in [2.75, 3.05) is 13.2 Å². The minimum absolute atomic E-state index is 0.112. The van der Waals surface area contributed by atoms with E-state index in [0.717, 1.165) is 29.0 Å². The Balaban J connectivity index is 1.90. The second-order valence-electron chi connectivity index (χ2n) is 7.01. The van der Waals surface area contributed by atoms with Gasteiger partial charge in [-0.2, -0.15) is 0 Å². The van der Waals surface area contributed by atoms with Crippen molar-refractivity contribution in [1.29, 1.82) is 0 Å². The number of benzene rings is 1. The summed E-state index contributed by atoms with van der Waals surface area (Å²) >= 11 is 1.41. The molecule has 0 radical (unpaired) electrons. The van der Waals surface area contributed by atoms with Gasteiger partial charge >= 0.3 is 5.97 Å². The SMILES string of the molecule is CCOC(=O)C1CCCCN1C(=O)c1sc(-c2ccc(C)cc2C)nc1C. The van der Waals surface area contributed by atoms with Crippen LogP contribution in [0.3, 0.4) is 0 Å². The van der Waals surface area contributed by atoms with Gasteiger partial charge in [0.25, 0.3) is 5.91 Å². The van der Waals surface area contributed by atoms with Crippen molar-refractivity contribution in [3.63, 3.8) is 0 Å². The maximum absolute atomic E-state index is 13.2. The van der Waals surface area contributed by atoms with Gasteiger partial charge in [0, 0.05) is 12.1 Å². The third-order valence-corrected chi connectivity index (χ3v) is 6.10. The van der Waals surface area contributed by atoms with Gasteiger partial charge in [-0.3, -0.25) is 4.79 Å². The molecule has 27 heavy (non-hydrogen) atoms. The predicted octanol–water partition coefficient (Wildman–Crippen LogP) is 4.29. The Morgan fingerprint density at radius 3 is 2.74 bits per heavy atom. The monoisotopic (exact) mass is 386 g/mol. The second kappa shape index (κ2) is 8.21. The van der Waals surface area contributed by atoms with Crippen LogP contribution in [0.5, 0.6) is 0 Å². The Bertz CT molecular complexity index is 859. The lowest BCUT2D eigenvalue weighted by Gasteiger charge is -2.33. The molecule has 1 aromatic carbocycles. The van der Waals surface area contributed by atoms with E-state index >= 15 is 0 Å². The minimum Gasteiger partial charge on any atom is -0.464 e. The molecule has 2 heterocycles. The maximum Gasteiger partial charge on any atom is 0.328 e. The van der Waals surface area contributed by atoms with Gasteiger partial charge in [-0.1, -0.05) is 23.8 Å². The van der Waals surface area contributed by atoms with E-state index in [1.54, 1.807) is 11.8 Å². The van der Waals surface area contributed by atoms with Crippen LogP contribution in [0.15, 0.2) is 18.2 Å². The Hall–Kier alpha value is -2.21. The van der Waals surface area contributed by atoms with Crippen molar-refractivity contribution in [3.8, 4) is 10.6 Å². The number of hydrogen-bond acceptors (Lipinski definition) is 5. The lowest BCUT2D eigenvalue weighted by Crippen LogP contribution is -2.48. The van der Waals surface area contributed by atoms with E-state index in [0.29, 0.717) is 30.1 Å². The number of esters is 1. The average Bonchev–Trinajstić information content (AvgIpc) is 3.02. The molecule has 1 amide bonds. The van der Waals surface area contributed by atoms with Crippen LogP contribution in [0.2, 0.25) is 0 Å². The van der Waals surface area contributed by atoms with Crippen LogP contribution in [-0.2, 0) is 9.53 Å². The number of ether oxygens (including phenoxy) is 1. The zero-order valence-electron chi connectivity index (χ0n) is 16.4. The fraction of sp³-hybridized carbons (Fsp3) is 0.476. The quantitative estimate of drug-likeness (QED) is 0.736. The lowest BCUT2D eigenvalue weighted by atomic mass is 10.0. The standard InChI is InChI=1S/C21H26N2O3S/c1-5-26-21(25)17-8-6-7-11-23(17)20(24)18-15(4)22-19(27-18)16-10-9-13(2)12-14(16)3/h9-10,12,17H,5-8,11H2,1-4H3. The molecule has 6 heteroatoms. The van der Waals surface area contributed by atoms with Crippen molar-refractivity contribution in [3.05, 3.63) is 39.9 Å². The average molecular weight is 387 g/mol. The Labute approximate surface area is 164 Å². The summed E-state index contributed by atoms with van der Waals surface area (Å²) in [6, 6.07) is 5.74. The van der Waals surface area contributed by atoms with E-state index in [2.05, 4.69) is 37.0 Å². The van der Waals surface area contributed by atoms with Crippen molar-refractivity contribution >= 4 is 23.2 Å². The first kappa shape index (κ1) is 19.5. The zero-order chi connectivity index (χ0) is 19.6. The normalized spacial score (nSPS) is 17.0. The van der Waals surface area contributed by atoms with Crippen LogP contribution in [0.25, 0.3) is 10.6 Å². The summed E-state index contributed by atoms with van der Waals surface area (Å²) in [7, 11) is 0. The number of likely N-dealkylation sites (tertiary alicyclic amines) is 1. The predicted molar refractivity (Wildman–Crippen MR) is 107 cm³/mol. The molecule has 144 valence electrons. The third-order valence-electron chi connectivity index (χ3n) is 4.93. The number of hydrogen-bond donors (Lipinski definition) is 0. The van der Waals surface area contributed by atoms with E-state index in [1.807, 2.05) is 6.92 Å². The maximum atomic E-state index is 13.2. The van der Waals surface area contributed by atoms with Crippen molar-refractivity contribution in [1.82, 2.24) is 9.88 Å². The lowest BCUT2D eigenvalue weighted by molar-refractivity contribution is -0.149. The van der Waals surface area contributed by atoms with Gasteiger partial charge in [0.05, 0.1) is 12.3 Å². The summed E-state index contributed by atoms with van der Waals surface area (Å²) in [5.74, 6) is -0.416. The van der Waals surface area contributed by atoms with Crippen LogP contribution >= 0.6 is 11.3 Å². The van der Waals surface area contributed by atoms with Crippen LogP contribution in [0.1, 0.15) is 52.7 Å². The minimum atomic E-state index is -0.489. The molecule has 0 N–H and O–H groups in total. The molecule has 1 atom stereocenters. The summed E-state index contributed by atoms with van der Waals surface area (Å²) in [5, 5.41) is 0.845. The van der Waals surface area contributed by atoms with Crippen LogP contribution in [-0.4, -0.2) is 41.0 Å². The Kier molecular flexibility index (Phi) is 5.95. The van der Waals surface area contributed by atoms with E-state index in [-0.39, 0.29) is 11.9 Å². The second-order valence-corrected chi connectivity index (χ2v) is 8.01. The van der Waals surface area contributed by atoms with Gasteiger partial charge < -0.3 is 9.64 Å². The molecule has 1 saturated heterocycles. The highest BCUT2D eigenvalue weighted by atomic mass is 32.1. The van der Waals surface area contributed by atoms with E-state index in [4.69, 9.17) is 4.74 Å². The van der Waals surface area contributed by atoms with Gasteiger partial charge in [-0.05, 0) is 52.5 Å². The van der Waals surface area contributed by atoms with Crippen molar-refractivity contribution in [2.24, 2.45) is 0 Å². The molecule has 0 bridgehead atoms. The van der Waals surface area contributed by atoms with Crippen LogP contribution in [0.4, 0.5) is 0 Å². The Morgan fingerprint density at radius 1 is 1.26 bits per heavy atom.